The molecular formula is C16H23N3O3S. The number of hydrogen-bond acceptors (Lipinski definition) is 3. The maximum absolute atomic E-state index is 12.4. The lowest BCUT2D eigenvalue weighted by atomic mass is 9.99. The van der Waals surface area contributed by atoms with E-state index in [1.807, 2.05) is 12.1 Å². The van der Waals surface area contributed by atoms with Gasteiger partial charge in [0.05, 0.1) is 5.75 Å². The third-order valence-electron chi connectivity index (χ3n) is 4.75. The molecule has 1 saturated heterocycles. The zero-order chi connectivity index (χ0) is 16.4. The van der Waals surface area contributed by atoms with Crippen LogP contribution < -0.4 is 10.5 Å². The van der Waals surface area contributed by atoms with Crippen molar-refractivity contribution in [3.8, 4) is 0 Å². The SMILES string of the molecule is NS(=O)(=O)CC1CCN(C(=O)NC2Cc3ccccc3C2)CC1. The molecular weight excluding hydrogens is 314 g/mol. The highest BCUT2D eigenvalue weighted by Gasteiger charge is 2.28. The molecule has 0 spiro atoms. The summed E-state index contributed by atoms with van der Waals surface area (Å²) in [4.78, 5) is 14.1. The van der Waals surface area contributed by atoms with E-state index in [0.29, 0.717) is 25.9 Å². The number of carbonyl (C=O) groups is 1. The summed E-state index contributed by atoms with van der Waals surface area (Å²) in [5, 5.41) is 8.19. The fourth-order valence-corrected chi connectivity index (χ4v) is 4.55. The van der Waals surface area contributed by atoms with Crippen LogP contribution in [0.25, 0.3) is 0 Å². The summed E-state index contributed by atoms with van der Waals surface area (Å²) >= 11 is 0. The first-order chi connectivity index (χ1) is 10.9. The molecule has 2 aliphatic rings. The van der Waals surface area contributed by atoms with Gasteiger partial charge in [-0.1, -0.05) is 24.3 Å². The Morgan fingerprint density at radius 1 is 1.17 bits per heavy atom. The van der Waals surface area contributed by atoms with Gasteiger partial charge in [0.2, 0.25) is 10.0 Å². The van der Waals surface area contributed by atoms with Crippen molar-refractivity contribution < 1.29 is 13.2 Å². The second-order valence-electron chi connectivity index (χ2n) is 6.58. The van der Waals surface area contributed by atoms with Gasteiger partial charge in [0, 0.05) is 19.1 Å². The largest absolute Gasteiger partial charge is 0.335 e. The standard InChI is InChI=1S/C16H23N3O3S/c17-23(21,22)11-12-5-7-19(8-6-12)16(20)18-15-9-13-3-1-2-4-14(13)10-15/h1-4,12,15H,5-11H2,(H,18,20)(H2,17,21,22). The number of nitrogens with zero attached hydrogens (tertiary/aromatic N) is 1. The Balaban J connectivity index is 1.48. The number of primary sulfonamides is 1. The number of likely N-dealkylation sites (tertiary alicyclic amines) is 1. The van der Waals surface area contributed by atoms with Gasteiger partial charge in [-0.3, -0.25) is 0 Å². The fraction of sp³-hybridized carbons (Fsp3) is 0.562. The first-order valence-electron chi connectivity index (χ1n) is 8.03. The van der Waals surface area contributed by atoms with Gasteiger partial charge in [0.1, 0.15) is 0 Å². The zero-order valence-electron chi connectivity index (χ0n) is 13.1. The number of rotatable bonds is 3. The summed E-state index contributed by atoms with van der Waals surface area (Å²) in [5.74, 6) is 0.0743. The topological polar surface area (TPSA) is 92.5 Å². The van der Waals surface area contributed by atoms with Gasteiger partial charge in [-0.25, -0.2) is 18.4 Å². The smallest absolute Gasteiger partial charge is 0.317 e. The van der Waals surface area contributed by atoms with E-state index in [1.54, 1.807) is 4.90 Å². The highest BCUT2D eigenvalue weighted by Crippen LogP contribution is 2.23. The molecule has 1 aliphatic carbocycles. The predicted octanol–water partition coefficient (Wildman–Crippen LogP) is 0.864. The molecule has 1 fully saturated rings. The predicted molar refractivity (Wildman–Crippen MR) is 88.4 cm³/mol. The molecule has 0 unspecified atom stereocenters. The number of nitrogens with one attached hydrogen (secondary N) is 1. The highest BCUT2D eigenvalue weighted by molar-refractivity contribution is 7.89. The molecule has 0 aromatic heterocycles. The number of hydrogen-bond donors (Lipinski definition) is 2. The summed E-state index contributed by atoms with van der Waals surface area (Å²) in [6, 6.07) is 8.39. The lowest BCUT2D eigenvalue weighted by Crippen LogP contribution is -2.48. The van der Waals surface area contributed by atoms with Crippen LogP contribution in [0.5, 0.6) is 0 Å². The molecule has 1 aliphatic heterocycles. The molecule has 0 radical (unpaired) electrons. The van der Waals surface area contributed by atoms with Gasteiger partial charge >= 0.3 is 6.03 Å². The summed E-state index contributed by atoms with van der Waals surface area (Å²) in [6.07, 6.45) is 3.14. The number of urea groups is 1. The van der Waals surface area contributed by atoms with Crippen molar-refractivity contribution in [3.05, 3.63) is 35.4 Å². The van der Waals surface area contributed by atoms with Crippen LogP contribution in [0.15, 0.2) is 24.3 Å². The normalized spacial score (nSPS) is 19.6. The van der Waals surface area contributed by atoms with Crippen LogP contribution >= 0.6 is 0 Å². The van der Waals surface area contributed by atoms with Crippen LogP contribution in [0.4, 0.5) is 4.79 Å². The number of benzene rings is 1. The third kappa shape index (κ3) is 4.23. The second-order valence-corrected chi connectivity index (χ2v) is 8.24. The van der Waals surface area contributed by atoms with Crippen molar-refractivity contribution in [2.24, 2.45) is 11.1 Å². The Kier molecular flexibility index (Phi) is 4.59. The summed E-state index contributed by atoms with van der Waals surface area (Å²) < 4.78 is 22.3. The summed E-state index contributed by atoms with van der Waals surface area (Å²) in [6.45, 7) is 1.18. The van der Waals surface area contributed by atoms with Gasteiger partial charge in [0.25, 0.3) is 0 Å². The number of carbonyl (C=O) groups excluding carboxylic acids is 1. The number of piperidine rings is 1. The first-order valence-corrected chi connectivity index (χ1v) is 9.75. The molecule has 1 aromatic rings. The van der Waals surface area contributed by atoms with E-state index < -0.39 is 10.0 Å². The molecule has 6 nitrogen and oxygen atoms in total. The lowest BCUT2D eigenvalue weighted by molar-refractivity contribution is 0.171. The van der Waals surface area contributed by atoms with Crippen LogP contribution in [0.3, 0.4) is 0 Å². The van der Waals surface area contributed by atoms with Crippen LogP contribution in [-0.4, -0.2) is 44.2 Å². The molecule has 0 bridgehead atoms. The van der Waals surface area contributed by atoms with E-state index in [9.17, 15) is 13.2 Å². The second kappa shape index (κ2) is 6.49. The zero-order valence-corrected chi connectivity index (χ0v) is 13.9. The maximum Gasteiger partial charge on any atom is 0.317 e. The van der Waals surface area contributed by atoms with Crippen LogP contribution in [0.1, 0.15) is 24.0 Å². The molecule has 3 rings (SSSR count). The van der Waals surface area contributed by atoms with Gasteiger partial charge < -0.3 is 10.2 Å². The van der Waals surface area contributed by atoms with Crippen molar-refractivity contribution in [2.45, 2.75) is 31.7 Å². The molecule has 3 N–H and O–H groups in total. The highest BCUT2D eigenvalue weighted by atomic mass is 32.2. The van der Waals surface area contributed by atoms with E-state index in [4.69, 9.17) is 5.14 Å². The molecule has 23 heavy (non-hydrogen) atoms. The summed E-state index contributed by atoms with van der Waals surface area (Å²) in [7, 11) is -3.43. The van der Waals surface area contributed by atoms with Crippen LogP contribution in [0.2, 0.25) is 0 Å². The van der Waals surface area contributed by atoms with Gasteiger partial charge in [0.15, 0.2) is 0 Å². The van der Waals surface area contributed by atoms with Crippen molar-refractivity contribution in [2.75, 3.05) is 18.8 Å². The molecule has 0 atom stereocenters. The van der Waals surface area contributed by atoms with E-state index in [2.05, 4.69) is 17.4 Å². The van der Waals surface area contributed by atoms with Crippen molar-refractivity contribution >= 4 is 16.1 Å². The number of amides is 2. The monoisotopic (exact) mass is 337 g/mol. The number of sulfonamides is 1. The Morgan fingerprint density at radius 2 is 1.74 bits per heavy atom. The molecule has 1 heterocycles. The third-order valence-corrected chi connectivity index (χ3v) is 5.68. The van der Waals surface area contributed by atoms with Crippen molar-refractivity contribution in [3.63, 3.8) is 0 Å². The molecule has 126 valence electrons. The molecule has 0 saturated carbocycles. The summed E-state index contributed by atoms with van der Waals surface area (Å²) in [5.41, 5.74) is 2.62. The number of nitrogens with two attached hydrogens (primary N) is 1. The first kappa shape index (κ1) is 16.3. The Morgan fingerprint density at radius 3 is 2.26 bits per heavy atom. The minimum Gasteiger partial charge on any atom is -0.335 e. The molecule has 1 aromatic carbocycles. The van der Waals surface area contributed by atoms with Crippen LogP contribution in [-0.2, 0) is 22.9 Å². The average molecular weight is 337 g/mol. The van der Waals surface area contributed by atoms with Gasteiger partial charge in [-0.15, -0.1) is 0 Å². The molecule has 7 heteroatoms. The minimum atomic E-state index is -3.43. The Hall–Kier alpha value is -1.60. The van der Waals surface area contributed by atoms with E-state index in [0.717, 1.165) is 12.8 Å². The van der Waals surface area contributed by atoms with E-state index in [-0.39, 0.29) is 23.7 Å². The quantitative estimate of drug-likeness (QED) is 0.857. The van der Waals surface area contributed by atoms with Crippen molar-refractivity contribution in [1.82, 2.24) is 10.2 Å². The van der Waals surface area contributed by atoms with Crippen LogP contribution in [0, 0.1) is 5.92 Å². The fourth-order valence-electron chi connectivity index (χ4n) is 3.56. The van der Waals surface area contributed by atoms with E-state index in [1.165, 1.54) is 11.1 Å². The van der Waals surface area contributed by atoms with Crippen molar-refractivity contribution in [1.29, 1.82) is 0 Å². The van der Waals surface area contributed by atoms with Gasteiger partial charge in [-0.2, -0.15) is 0 Å². The Bertz CT molecular complexity index is 657. The lowest BCUT2D eigenvalue weighted by Gasteiger charge is -2.32. The minimum absolute atomic E-state index is 0.0143. The Labute approximate surface area is 137 Å². The average Bonchev–Trinajstić information content (AvgIpc) is 2.88. The maximum atomic E-state index is 12.4. The number of fused-ring (bicyclic) bond motifs is 1. The van der Waals surface area contributed by atoms with Gasteiger partial charge in [-0.05, 0) is 42.7 Å². The van der Waals surface area contributed by atoms with E-state index >= 15 is 0 Å². The molecule has 2 amide bonds.